The van der Waals surface area contributed by atoms with Gasteiger partial charge in [-0.05, 0) is 163 Å². The number of furan rings is 1. The first-order chi connectivity index (χ1) is 33.7. The quantitative estimate of drug-likeness (QED) is 0.149. The van der Waals surface area contributed by atoms with Gasteiger partial charge in [-0.15, -0.1) is 0 Å². The fourth-order valence-corrected chi connectivity index (χ4v) is 10.3. The summed E-state index contributed by atoms with van der Waals surface area (Å²) in [6.07, 6.45) is 0. The predicted molar refractivity (Wildman–Crippen MR) is 286 cm³/mol. The van der Waals surface area contributed by atoms with Gasteiger partial charge < -0.3 is 8.98 Å². The molecule has 0 radical (unpaired) electrons. The van der Waals surface area contributed by atoms with E-state index in [1.807, 2.05) is 0 Å². The Balaban J connectivity index is 1.04. The molecule has 13 rings (SSSR count). The maximum absolute atomic E-state index is 7.07. The second kappa shape index (κ2) is 16.5. The average Bonchev–Trinajstić information content (AvgIpc) is 3.97. The molecule has 0 aliphatic carbocycles. The van der Waals surface area contributed by atoms with Crippen LogP contribution in [0.25, 0.3) is 127 Å². The van der Waals surface area contributed by atoms with E-state index < -0.39 is 0 Å². The minimum atomic E-state index is 0.864. The second-order valence-electron chi connectivity index (χ2n) is 17.7. The van der Waals surface area contributed by atoms with E-state index in [1.165, 1.54) is 49.9 Å². The fourth-order valence-electron chi connectivity index (χ4n) is 10.3. The molecular formula is C66H43NO. The second-order valence-corrected chi connectivity index (χ2v) is 17.7. The van der Waals surface area contributed by atoms with Gasteiger partial charge in [0.25, 0.3) is 0 Å². The number of fused-ring (bicyclic) bond motifs is 7. The van der Waals surface area contributed by atoms with Gasteiger partial charge in [0.15, 0.2) is 0 Å². The van der Waals surface area contributed by atoms with Gasteiger partial charge in [0.2, 0.25) is 0 Å². The molecule has 68 heavy (non-hydrogen) atoms. The van der Waals surface area contributed by atoms with Gasteiger partial charge in [-0.1, -0.05) is 176 Å². The van der Waals surface area contributed by atoms with E-state index >= 15 is 0 Å². The van der Waals surface area contributed by atoms with Crippen LogP contribution in [-0.4, -0.2) is 4.57 Å². The number of benzene rings is 11. The number of rotatable bonds is 8. The molecule has 2 nitrogen and oxygen atoms in total. The SMILES string of the molecule is c1ccc(-c2cc(-c3ccccc3)cc(-c3ccc(-c4ccc5c(c4)oc4c5ccc5c4c4ccccc4n5-c4ccccc4)c(-c4cc(-c5ccccc5)cc(-c5ccccc5)c4)c3)c2)cc1. The van der Waals surface area contributed by atoms with Crippen LogP contribution in [-0.2, 0) is 0 Å². The Morgan fingerprint density at radius 2 is 0.706 bits per heavy atom. The Kier molecular flexibility index (Phi) is 9.54. The summed E-state index contributed by atoms with van der Waals surface area (Å²) in [6.45, 7) is 0. The molecule has 0 fully saturated rings. The van der Waals surface area contributed by atoms with Gasteiger partial charge in [-0.3, -0.25) is 0 Å². The van der Waals surface area contributed by atoms with Gasteiger partial charge in [-0.2, -0.15) is 0 Å². The first-order valence-corrected chi connectivity index (χ1v) is 23.3. The zero-order valence-electron chi connectivity index (χ0n) is 37.2. The predicted octanol–water partition coefficient (Wildman–Crippen LogP) is 18.4. The molecule has 2 aromatic heterocycles. The number of hydrogen-bond acceptors (Lipinski definition) is 1. The number of para-hydroxylation sites is 2. The van der Waals surface area contributed by atoms with E-state index in [-0.39, 0.29) is 0 Å². The molecule has 318 valence electrons. The summed E-state index contributed by atoms with van der Waals surface area (Å²) in [6, 6.07) is 94.5. The molecule has 2 heterocycles. The minimum absolute atomic E-state index is 0.864. The van der Waals surface area contributed by atoms with Crippen LogP contribution in [0, 0.1) is 0 Å². The standard InChI is InChI=1S/C66H43NO/c1-6-18-44(19-7-1)50-36-51(45-20-8-2-9-21-45)39-54(38-50)48-30-32-57(61(42-48)55-40-52(46-22-10-3-11-23-46)37-53(41-55)47-24-12-4-13-25-47)49-31-33-58-59-34-35-63-65(66(59)68-64(58)43-49)60-28-16-17-29-62(60)67(63)56-26-14-5-15-27-56/h1-43H. The highest BCUT2D eigenvalue weighted by atomic mass is 16.3. The Morgan fingerprint density at radius 3 is 1.26 bits per heavy atom. The van der Waals surface area contributed by atoms with Crippen molar-refractivity contribution in [3.8, 4) is 83.6 Å². The molecule has 11 aromatic carbocycles. The molecule has 0 amide bonds. The summed E-state index contributed by atoms with van der Waals surface area (Å²) in [5.74, 6) is 0. The summed E-state index contributed by atoms with van der Waals surface area (Å²) >= 11 is 0. The molecule has 0 aliphatic heterocycles. The van der Waals surface area contributed by atoms with Crippen molar-refractivity contribution in [3.05, 3.63) is 261 Å². The third-order valence-corrected chi connectivity index (χ3v) is 13.6. The molecule has 2 heteroatoms. The van der Waals surface area contributed by atoms with Crippen molar-refractivity contribution in [3.63, 3.8) is 0 Å². The Morgan fingerprint density at radius 1 is 0.250 bits per heavy atom. The van der Waals surface area contributed by atoms with Gasteiger partial charge in [0.1, 0.15) is 11.2 Å². The summed E-state index contributed by atoms with van der Waals surface area (Å²) in [5, 5.41) is 4.52. The van der Waals surface area contributed by atoms with Crippen molar-refractivity contribution in [2.24, 2.45) is 0 Å². The van der Waals surface area contributed by atoms with E-state index in [0.29, 0.717) is 0 Å². The maximum atomic E-state index is 7.07. The van der Waals surface area contributed by atoms with Crippen LogP contribution in [0.1, 0.15) is 0 Å². The van der Waals surface area contributed by atoms with Gasteiger partial charge in [0.05, 0.1) is 16.4 Å². The third-order valence-electron chi connectivity index (χ3n) is 13.6. The van der Waals surface area contributed by atoms with Crippen molar-refractivity contribution < 1.29 is 4.42 Å². The van der Waals surface area contributed by atoms with E-state index in [4.69, 9.17) is 4.42 Å². The van der Waals surface area contributed by atoms with Crippen molar-refractivity contribution in [2.75, 3.05) is 0 Å². The van der Waals surface area contributed by atoms with Gasteiger partial charge in [-0.25, -0.2) is 0 Å². The van der Waals surface area contributed by atoms with Crippen LogP contribution in [0.15, 0.2) is 265 Å². The van der Waals surface area contributed by atoms with E-state index in [1.54, 1.807) is 0 Å². The minimum Gasteiger partial charge on any atom is -0.455 e. The Hall–Kier alpha value is -8.98. The zero-order valence-corrected chi connectivity index (χ0v) is 37.2. The number of hydrogen-bond donors (Lipinski definition) is 0. The lowest BCUT2D eigenvalue weighted by atomic mass is 9.86. The zero-order chi connectivity index (χ0) is 45.0. The van der Waals surface area contributed by atoms with E-state index in [9.17, 15) is 0 Å². The van der Waals surface area contributed by atoms with Crippen LogP contribution in [0.4, 0.5) is 0 Å². The largest absolute Gasteiger partial charge is 0.455 e. The summed E-state index contributed by atoms with van der Waals surface area (Å²) in [5.41, 5.74) is 21.4. The molecule has 0 bridgehead atoms. The lowest BCUT2D eigenvalue weighted by Gasteiger charge is -2.17. The molecule has 13 aromatic rings. The number of aromatic nitrogens is 1. The van der Waals surface area contributed by atoms with Crippen molar-refractivity contribution in [2.45, 2.75) is 0 Å². The first-order valence-electron chi connectivity index (χ1n) is 23.3. The maximum Gasteiger partial charge on any atom is 0.145 e. The number of nitrogens with zero attached hydrogens (tertiary/aromatic N) is 1. The van der Waals surface area contributed by atoms with Crippen LogP contribution in [0.3, 0.4) is 0 Å². The average molecular weight is 866 g/mol. The molecule has 0 N–H and O–H groups in total. The highest BCUT2D eigenvalue weighted by molar-refractivity contribution is 6.24. The molecule has 0 saturated heterocycles. The monoisotopic (exact) mass is 865 g/mol. The lowest BCUT2D eigenvalue weighted by molar-refractivity contribution is 0.673. The smallest absolute Gasteiger partial charge is 0.145 e. The third kappa shape index (κ3) is 6.90. The van der Waals surface area contributed by atoms with Crippen LogP contribution < -0.4 is 0 Å². The first kappa shape index (κ1) is 39.4. The fraction of sp³-hybridized carbons (Fsp3) is 0. The van der Waals surface area contributed by atoms with E-state index in [0.717, 1.165) is 77.4 Å². The molecule has 0 spiro atoms. The summed E-state index contributed by atoms with van der Waals surface area (Å²) < 4.78 is 9.42. The summed E-state index contributed by atoms with van der Waals surface area (Å²) in [4.78, 5) is 0. The van der Waals surface area contributed by atoms with Crippen molar-refractivity contribution >= 4 is 43.7 Å². The van der Waals surface area contributed by atoms with Gasteiger partial charge >= 0.3 is 0 Å². The normalized spacial score (nSPS) is 11.5. The van der Waals surface area contributed by atoms with Crippen molar-refractivity contribution in [1.82, 2.24) is 4.57 Å². The van der Waals surface area contributed by atoms with Crippen molar-refractivity contribution in [1.29, 1.82) is 0 Å². The molecule has 0 saturated carbocycles. The highest BCUT2D eigenvalue weighted by Gasteiger charge is 2.20. The molecule has 0 unspecified atom stereocenters. The summed E-state index contributed by atoms with van der Waals surface area (Å²) in [7, 11) is 0. The van der Waals surface area contributed by atoms with Crippen LogP contribution >= 0.6 is 0 Å². The molecular weight excluding hydrogens is 823 g/mol. The lowest BCUT2D eigenvalue weighted by Crippen LogP contribution is -1.92. The molecule has 0 atom stereocenters. The van der Waals surface area contributed by atoms with Crippen LogP contribution in [0.5, 0.6) is 0 Å². The Bertz CT molecular complexity index is 3860. The molecule has 0 aliphatic rings. The van der Waals surface area contributed by atoms with E-state index in [2.05, 4.69) is 265 Å². The topological polar surface area (TPSA) is 18.1 Å². The van der Waals surface area contributed by atoms with Gasteiger partial charge in [0, 0.05) is 21.8 Å². The Labute approximate surface area is 395 Å². The van der Waals surface area contributed by atoms with Crippen LogP contribution in [0.2, 0.25) is 0 Å². The highest BCUT2D eigenvalue weighted by Crippen LogP contribution is 2.45.